The first-order valence-corrected chi connectivity index (χ1v) is 4.76. The molecule has 1 rings (SSSR count). The van der Waals surface area contributed by atoms with Crippen molar-refractivity contribution in [3.63, 3.8) is 0 Å². The highest BCUT2D eigenvalue weighted by Gasteiger charge is 2.39. The zero-order valence-corrected chi connectivity index (χ0v) is 8.47. The number of aliphatic hydroxyl groups is 2. The maximum Gasteiger partial charge on any atom is 0.309 e. The summed E-state index contributed by atoms with van der Waals surface area (Å²) < 4.78 is 4.66. The van der Waals surface area contributed by atoms with Crippen LogP contribution in [0.5, 0.6) is 0 Å². The number of rotatable bonds is 3. The Morgan fingerprint density at radius 1 is 1.73 bits per heavy atom. The third-order valence-electron chi connectivity index (χ3n) is 2.26. The molecule has 0 aliphatic heterocycles. The maximum atomic E-state index is 11.1. The number of ketones is 1. The summed E-state index contributed by atoms with van der Waals surface area (Å²) in [6.45, 7) is 1.87. The Kier molecular flexibility index (Phi) is 3.60. The van der Waals surface area contributed by atoms with Gasteiger partial charge in [0, 0.05) is 6.42 Å². The number of aliphatic hydroxyl groups excluding tert-OH is 1. The Labute approximate surface area is 87.4 Å². The molecular weight excluding hydrogens is 200 g/mol. The largest absolute Gasteiger partial charge is 0.466 e. The van der Waals surface area contributed by atoms with Crippen LogP contribution in [0.3, 0.4) is 0 Å². The molecule has 84 valence electrons. The number of allylic oxidation sites excluding steroid dienone is 1. The van der Waals surface area contributed by atoms with Crippen molar-refractivity contribution in [1.29, 1.82) is 0 Å². The molecule has 0 saturated heterocycles. The average molecular weight is 214 g/mol. The van der Waals surface area contributed by atoms with Gasteiger partial charge in [-0.15, -0.1) is 0 Å². The number of hydrogen-bond acceptors (Lipinski definition) is 5. The van der Waals surface area contributed by atoms with Crippen molar-refractivity contribution in [3.05, 3.63) is 12.2 Å². The van der Waals surface area contributed by atoms with Crippen LogP contribution in [0.1, 0.15) is 19.8 Å². The number of carbonyl (C=O) groups is 2. The highest BCUT2D eigenvalue weighted by atomic mass is 16.5. The molecule has 0 heterocycles. The van der Waals surface area contributed by atoms with Gasteiger partial charge in [0.05, 0.1) is 19.1 Å². The molecule has 0 amide bonds. The van der Waals surface area contributed by atoms with Gasteiger partial charge in [-0.1, -0.05) is 0 Å². The van der Waals surface area contributed by atoms with Crippen molar-refractivity contribution >= 4 is 11.8 Å². The van der Waals surface area contributed by atoms with Crippen LogP contribution in [0.25, 0.3) is 0 Å². The highest BCUT2D eigenvalue weighted by Crippen LogP contribution is 2.24. The first kappa shape index (κ1) is 11.9. The van der Waals surface area contributed by atoms with E-state index in [1.165, 1.54) is 6.08 Å². The van der Waals surface area contributed by atoms with E-state index in [2.05, 4.69) is 4.74 Å². The molecule has 0 spiro atoms. The fourth-order valence-electron chi connectivity index (χ4n) is 1.40. The van der Waals surface area contributed by atoms with Gasteiger partial charge in [-0.25, -0.2) is 0 Å². The van der Waals surface area contributed by atoms with E-state index in [9.17, 15) is 19.8 Å². The van der Waals surface area contributed by atoms with Gasteiger partial charge < -0.3 is 14.9 Å². The van der Waals surface area contributed by atoms with E-state index in [1.54, 1.807) is 6.92 Å². The minimum absolute atomic E-state index is 0.174. The average Bonchev–Trinajstić information content (AvgIpc) is 2.13. The molecule has 0 bridgehead atoms. The van der Waals surface area contributed by atoms with E-state index in [1.807, 2.05) is 0 Å². The number of hydrogen-bond donors (Lipinski definition) is 2. The SMILES string of the molecule is CCOC(=O)C[C@]1(O)C=CC(=O)C[C@@H]1O. The Morgan fingerprint density at radius 3 is 2.93 bits per heavy atom. The first-order valence-electron chi connectivity index (χ1n) is 4.76. The lowest BCUT2D eigenvalue weighted by atomic mass is 9.85. The van der Waals surface area contributed by atoms with E-state index >= 15 is 0 Å². The van der Waals surface area contributed by atoms with Crippen LogP contribution >= 0.6 is 0 Å². The minimum atomic E-state index is -1.68. The van der Waals surface area contributed by atoms with Gasteiger partial charge in [0.15, 0.2) is 5.78 Å². The molecule has 0 unspecified atom stereocenters. The van der Waals surface area contributed by atoms with E-state index < -0.39 is 17.7 Å². The number of esters is 1. The highest BCUT2D eigenvalue weighted by molar-refractivity contribution is 5.91. The molecule has 0 aromatic heterocycles. The van der Waals surface area contributed by atoms with Crippen LogP contribution in [-0.4, -0.2) is 40.3 Å². The lowest BCUT2D eigenvalue weighted by Crippen LogP contribution is -2.46. The zero-order chi connectivity index (χ0) is 11.5. The molecule has 5 nitrogen and oxygen atoms in total. The summed E-state index contributed by atoms with van der Waals surface area (Å²) in [6, 6.07) is 0. The molecule has 2 N–H and O–H groups in total. The predicted octanol–water partition coefficient (Wildman–Crippen LogP) is -0.439. The number of carbonyl (C=O) groups excluding carboxylic acids is 2. The Hall–Kier alpha value is -1.20. The summed E-state index contributed by atoms with van der Waals surface area (Å²) in [4.78, 5) is 22.0. The van der Waals surface area contributed by atoms with Crippen LogP contribution in [-0.2, 0) is 14.3 Å². The van der Waals surface area contributed by atoms with Gasteiger partial charge in [-0.05, 0) is 19.1 Å². The first-order chi connectivity index (χ1) is 6.98. The van der Waals surface area contributed by atoms with Gasteiger partial charge in [0.1, 0.15) is 5.60 Å². The van der Waals surface area contributed by atoms with Crippen molar-refractivity contribution in [3.8, 4) is 0 Å². The van der Waals surface area contributed by atoms with Crippen LogP contribution in [0.15, 0.2) is 12.2 Å². The van der Waals surface area contributed by atoms with E-state index in [-0.39, 0.29) is 25.2 Å². The van der Waals surface area contributed by atoms with Crippen molar-refractivity contribution in [2.75, 3.05) is 6.61 Å². The smallest absolute Gasteiger partial charge is 0.309 e. The third kappa shape index (κ3) is 2.87. The van der Waals surface area contributed by atoms with Crippen LogP contribution in [0.4, 0.5) is 0 Å². The molecule has 15 heavy (non-hydrogen) atoms. The second-order valence-electron chi connectivity index (χ2n) is 3.49. The van der Waals surface area contributed by atoms with Crippen LogP contribution in [0.2, 0.25) is 0 Å². The lowest BCUT2D eigenvalue weighted by molar-refractivity contribution is -0.152. The summed E-state index contributed by atoms with van der Waals surface area (Å²) in [5.74, 6) is -0.867. The summed E-state index contributed by atoms with van der Waals surface area (Å²) in [5.41, 5.74) is -1.68. The quantitative estimate of drug-likeness (QED) is 0.622. The second-order valence-corrected chi connectivity index (χ2v) is 3.49. The molecule has 2 atom stereocenters. The summed E-state index contributed by atoms with van der Waals surface area (Å²) >= 11 is 0. The molecule has 0 radical (unpaired) electrons. The third-order valence-corrected chi connectivity index (χ3v) is 2.26. The molecule has 0 fully saturated rings. The summed E-state index contributed by atoms with van der Waals surface area (Å²) in [5, 5.41) is 19.4. The molecule has 0 saturated carbocycles. The fourth-order valence-corrected chi connectivity index (χ4v) is 1.40. The van der Waals surface area contributed by atoms with Gasteiger partial charge in [0.2, 0.25) is 0 Å². The molecule has 1 aliphatic rings. The lowest BCUT2D eigenvalue weighted by Gasteiger charge is -2.31. The standard InChI is InChI=1S/C10H14O5/c1-2-15-9(13)6-10(14)4-3-7(11)5-8(10)12/h3-4,8,12,14H,2,5-6H2,1H3/t8-,10+/m0/s1. The van der Waals surface area contributed by atoms with Gasteiger partial charge >= 0.3 is 5.97 Å². The van der Waals surface area contributed by atoms with Crippen molar-refractivity contribution in [2.45, 2.75) is 31.5 Å². The predicted molar refractivity (Wildman–Crippen MR) is 51.0 cm³/mol. The van der Waals surface area contributed by atoms with Crippen molar-refractivity contribution in [1.82, 2.24) is 0 Å². The van der Waals surface area contributed by atoms with Gasteiger partial charge in [-0.2, -0.15) is 0 Å². The summed E-state index contributed by atoms with van der Waals surface area (Å²) in [6.07, 6.45) is 0.560. The number of ether oxygens (including phenoxy) is 1. The maximum absolute atomic E-state index is 11.1. The van der Waals surface area contributed by atoms with E-state index in [0.717, 1.165) is 6.08 Å². The molecule has 0 aromatic carbocycles. The minimum Gasteiger partial charge on any atom is -0.466 e. The Balaban J connectivity index is 2.69. The normalized spacial score (nSPS) is 30.3. The fraction of sp³-hybridized carbons (Fsp3) is 0.600. The van der Waals surface area contributed by atoms with Gasteiger partial charge in [-0.3, -0.25) is 9.59 Å². The second kappa shape index (κ2) is 4.55. The monoisotopic (exact) mass is 214 g/mol. The van der Waals surface area contributed by atoms with Crippen molar-refractivity contribution in [2.24, 2.45) is 0 Å². The van der Waals surface area contributed by atoms with Gasteiger partial charge in [0.25, 0.3) is 0 Å². The Bertz CT molecular complexity index is 296. The van der Waals surface area contributed by atoms with E-state index in [0.29, 0.717) is 0 Å². The Morgan fingerprint density at radius 2 is 2.40 bits per heavy atom. The molecular formula is C10H14O5. The zero-order valence-electron chi connectivity index (χ0n) is 8.47. The molecule has 0 aromatic rings. The van der Waals surface area contributed by atoms with Crippen molar-refractivity contribution < 1.29 is 24.5 Å². The molecule has 5 heteroatoms. The van der Waals surface area contributed by atoms with E-state index in [4.69, 9.17) is 0 Å². The summed E-state index contributed by atoms with van der Waals surface area (Å²) in [7, 11) is 0. The van der Waals surface area contributed by atoms with Crippen LogP contribution in [0, 0.1) is 0 Å². The molecule has 1 aliphatic carbocycles. The topological polar surface area (TPSA) is 83.8 Å². The van der Waals surface area contributed by atoms with Crippen LogP contribution < -0.4 is 0 Å².